The molecule has 1 rings (SSSR count). The van der Waals surface area contributed by atoms with Gasteiger partial charge < -0.3 is 5.32 Å². The van der Waals surface area contributed by atoms with Crippen LogP contribution >= 0.6 is 0 Å². The van der Waals surface area contributed by atoms with Crippen LogP contribution < -0.4 is 5.32 Å². The van der Waals surface area contributed by atoms with Gasteiger partial charge in [-0.05, 0) is 6.72 Å². The lowest BCUT2D eigenvalue weighted by molar-refractivity contribution is -0.117. The van der Waals surface area contributed by atoms with Crippen LogP contribution in [0.2, 0.25) is 0 Å². The van der Waals surface area contributed by atoms with E-state index in [0.717, 1.165) is 12.1 Å². The predicted octanol–water partition coefficient (Wildman–Crippen LogP) is 3.73. The molecule has 0 saturated heterocycles. The molecule has 1 N–H and O–H groups in total. The summed E-state index contributed by atoms with van der Waals surface area (Å²) < 4.78 is 0. The topological polar surface area (TPSA) is 41.5 Å². The Morgan fingerprint density at radius 1 is 1.18 bits per heavy atom. The molecule has 0 aromatic carbocycles. The van der Waals surface area contributed by atoms with Crippen molar-refractivity contribution in [2.45, 2.75) is 48.0 Å². The van der Waals surface area contributed by atoms with E-state index in [0.29, 0.717) is 12.1 Å². The van der Waals surface area contributed by atoms with Crippen molar-refractivity contribution in [3.05, 3.63) is 23.9 Å². The fourth-order valence-corrected chi connectivity index (χ4v) is 1.03. The Hall–Kier alpha value is -1.38. The zero-order valence-corrected chi connectivity index (χ0v) is 12.3. The molecule has 0 aromatic heterocycles. The second kappa shape index (κ2) is 17.0. The molecule has 0 saturated carbocycles. The number of amides is 1. The standard InChI is InChI=1S/C8H10N2O.3C2H6/c1-3-6-7(9-2)4-5-10-8(6)11;3*1-2/h3H,1-2,4-5H2,(H,10,11);3*1-2H3. The summed E-state index contributed by atoms with van der Waals surface area (Å²) in [7, 11) is 0. The van der Waals surface area contributed by atoms with Gasteiger partial charge >= 0.3 is 0 Å². The normalized spacial score (nSPS) is 12.5. The van der Waals surface area contributed by atoms with Crippen molar-refractivity contribution in [1.82, 2.24) is 5.32 Å². The van der Waals surface area contributed by atoms with Gasteiger partial charge in [-0.2, -0.15) is 0 Å². The summed E-state index contributed by atoms with van der Waals surface area (Å²) in [6.45, 7) is 19.6. The van der Waals surface area contributed by atoms with E-state index < -0.39 is 0 Å². The van der Waals surface area contributed by atoms with E-state index in [4.69, 9.17) is 0 Å². The van der Waals surface area contributed by atoms with Crippen molar-refractivity contribution >= 4 is 12.6 Å². The highest BCUT2D eigenvalue weighted by Crippen LogP contribution is 2.14. The quantitative estimate of drug-likeness (QED) is 0.734. The van der Waals surface area contributed by atoms with Crippen molar-refractivity contribution in [1.29, 1.82) is 0 Å². The highest BCUT2D eigenvalue weighted by molar-refractivity contribution is 5.97. The van der Waals surface area contributed by atoms with Crippen LogP contribution in [0, 0.1) is 0 Å². The molecular weight excluding hydrogens is 212 g/mol. The Morgan fingerprint density at radius 2 is 1.65 bits per heavy atom. The summed E-state index contributed by atoms with van der Waals surface area (Å²) in [5.74, 6) is -0.103. The molecule has 100 valence electrons. The lowest BCUT2D eigenvalue weighted by Crippen LogP contribution is -2.30. The number of hydrogen-bond donors (Lipinski definition) is 1. The largest absolute Gasteiger partial charge is 0.352 e. The Morgan fingerprint density at radius 3 is 1.94 bits per heavy atom. The molecule has 0 fully saturated rings. The molecule has 1 amide bonds. The highest BCUT2D eigenvalue weighted by Gasteiger charge is 2.15. The van der Waals surface area contributed by atoms with Gasteiger partial charge in [0.25, 0.3) is 5.91 Å². The number of hydrogen-bond acceptors (Lipinski definition) is 2. The number of carbonyl (C=O) groups is 1. The first-order chi connectivity index (χ1) is 8.29. The Balaban J connectivity index is -0.000000285. The molecule has 0 unspecified atom stereocenters. The van der Waals surface area contributed by atoms with E-state index in [1.807, 2.05) is 41.5 Å². The Bertz CT molecular complexity index is 243. The monoisotopic (exact) mass is 240 g/mol. The molecule has 1 aliphatic rings. The van der Waals surface area contributed by atoms with Crippen LogP contribution in [0.25, 0.3) is 0 Å². The van der Waals surface area contributed by atoms with Crippen molar-refractivity contribution < 1.29 is 4.79 Å². The van der Waals surface area contributed by atoms with Gasteiger partial charge in [0.1, 0.15) is 0 Å². The number of nitrogens with one attached hydrogen (secondary N) is 1. The maximum absolute atomic E-state index is 11.1. The summed E-state index contributed by atoms with van der Waals surface area (Å²) in [5.41, 5.74) is 1.29. The van der Waals surface area contributed by atoms with Crippen LogP contribution in [0.4, 0.5) is 0 Å². The molecule has 17 heavy (non-hydrogen) atoms. The average molecular weight is 240 g/mol. The van der Waals surface area contributed by atoms with E-state index in [9.17, 15) is 4.79 Å². The first kappa shape index (κ1) is 21.0. The molecule has 0 aliphatic carbocycles. The lowest BCUT2D eigenvalue weighted by atomic mass is 10.1. The van der Waals surface area contributed by atoms with Gasteiger partial charge in [0, 0.05) is 13.0 Å². The van der Waals surface area contributed by atoms with Crippen molar-refractivity contribution in [2.75, 3.05) is 6.54 Å². The molecular formula is C14H28N2O. The molecule has 0 atom stereocenters. The van der Waals surface area contributed by atoms with Crippen molar-refractivity contribution in [3.63, 3.8) is 0 Å². The van der Waals surface area contributed by atoms with Gasteiger partial charge in [0.2, 0.25) is 0 Å². The SMILES string of the molecule is C=CC1=C(N=C)CCNC1=O.CC.CC.CC. The van der Waals surface area contributed by atoms with Crippen LogP contribution in [-0.4, -0.2) is 19.2 Å². The van der Waals surface area contributed by atoms with Crippen LogP contribution in [0.3, 0.4) is 0 Å². The molecule has 1 aliphatic heterocycles. The van der Waals surface area contributed by atoms with Crippen LogP contribution in [0.5, 0.6) is 0 Å². The highest BCUT2D eigenvalue weighted by atomic mass is 16.1. The summed E-state index contributed by atoms with van der Waals surface area (Å²) in [4.78, 5) is 14.8. The molecule has 1 heterocycles. The van der Waals surface area contributed by atoms with E-state index >= 15 is 0 Å². The minimum atomic E-state index is -0.103. The van der Waals surface area contributed by atoms with E-state index in [1.54, 1.807) is 0 Å². The maximum atomic E-state index is 11.1. The fraction of sp³-hybridized carbons (Fsp3) is 0.571. The third-order valence-corrected chi connectivity index (χ3v) is 1.60. The first-order valence-corrected chi connectivity index (χ1v) is 6.40. The summed E-state index contributed by atoms with van der Waals surface area (Å²) in [6, 6.07) is 0. The summed E-state index contributed by atoms with van der Waals surface area (Å²) in [5, 5.41) is 2.69. The molecule has 0 spiro atoms. The zero-order chi connectivity index (χ0) is 14.3. The smallest absolute Gasteiger partial charge is 0.253 e. The third-order valence-electron chi connectivity index (χ3n) is 1.60. The molecule has 0 radical (unpaired) electrons. The first-order valence-electron chi connectivity index (χ1n) is 6.40. The van der Waals surface area contributed by atoms with Crippen LogP contribution in [0.15, 0.2) is 28.9 Å². The minimum Gasteiger partial charge on any atom is -0.352 e. The number of carbonyl (C=O) groups excluding carboxylic acids is 1. The Kier molecular flexibility index (Phi) is 21.0. The maximum Gasteiger partial charge on any atom is 0.253 e. The average Bonchev–Trinajstić information content (AvgIpc) is 2.45. The van der Waals surface area contributed by atoms with Crippen molar-refractivity contribution in [2.24, 2.45) is 4.99 Å². The molecule has 0 bridgehead atoms. The van der Waals surface area contributed by atoms with E-state index in [1.165, 1.54) is 6.08 Å². The molecule has 0 aromatic rings. The summed E-state index contributed by atoms with van der Waals surface area (Å²) in [6.07, 6.45) is 2.26. The van der Waals surface area contributed by atoms with Crippen molar-refractivity contribution in [3.8, 4) is 0 Å². The zero-order valence-electron chi connectivity index (χ0n) is 12.3. The van der Waals surface area contributed by atoms with Gasteiger partial charge in [-0.1, -0.05) is 54.2 Å². The number of nitrogens with zero attached hydrogens (tertiary/aromatic N) is 1. The van der Waals surface area contributed by atoms with Gasteiger partial charge in [-0.15, -0.1) is 0 Å². The molecule has 3 heteroatoms. The lowest BCUT2D eigenvalue weighted by Gasteiger charge is -2.14. The Labute approximate surface area is 107 Å². The number of rotatable bonds is 2. The molecule has 3 nitrogen and oxygen atoms in total. The van der Waals surface area contributed by atoms with Crippen LogP contribution in [-0.2, 0) is 4.79 Å². The minimum absolute atomic E-state index is 0.103. The van der Waals surface area contributed by atoms with Gasteiger partial charge in [0.15, 0.2) is 0 Å². The second-order valence-corrected chi connectivity index (χ2v) is 2.23. The van der Waals surface area contributed by atoms with Gasteiger partial charge in [-0.3, -0.25) is 9.79 Å². The van der Waals surface area contributed by atoms with Gasteiger partial charge in [0.05, 0.1) is 11.3 Å². The number of aliphatic imine (C=N–C) groups is 1. The van der Waals surface area contributed by atoms with Crippen LogP contribution in [0.1, 0.15) is 48.0 Å². The summed E-state index contributed by atoms with van der Waals surface area (Å²) >= 11 is 0. The fourth-order valence-electron chi connectivity index (χ4n) is 1.03. The van der Waals surface area contributed by atoms with E-state index in [-0.39, 0.29) is 5.91 Å². The predicted molar refractivity (Wildman–Crippen MR) is 78.4 cm³/mol. The third kappa shape index (κ3) is 8.43. The second-order valence-electron chi connectivity index (χ2n) is 2.23. The van der Waals surface area contributed by atoms with E-state index in [2.05, 4.69) is 23.6 Å². The van der Waals surface area contributed by atoms with Gasteiger partial charge in [-0.25, -0.2) is 0 Å².